The highest BCUT2D eigenvalue weighted by molar-refractivity contribution is 5.91. The summed E-state index contributed by atoms with van der Waals surface area (Å²) in [6, 6.07) is 8.91. The fraction of sp³-hybridized carbons (Fsp3) is 0.609. The van der Waals surface area contributed by atoms with Gasteiger partial charge in [-0.1, -0.05) is 31.5 Å². The number of aliphatic hydroxyl groups excluding tert-OH is 1. The van der Waals surface area contributed by atoms with Crippen molar-refractivity contribution in [2.75, 3.05) is 20.3 Å². The normalized spacial score (nSPS) is 36.2. The molecule has 0 radical (unpaired) electrons. The molecule has 1 saturated carbocycles. The molecule has 1 aliphatic carbocycles. The minimum absolute atomic E-state index is 0.0946. The summed E-state index contributed by atoms with van der Waals surface area (Å²) in [5.41, 5.74) is 2.87. The molecule has 6 atom stereocenters. The molecule has 5 heteroatoms. The average molecular weight is 383 g/mol. The van der Waals surface area contributed by atoms with E-state index in [-0.39, 0.29) is 18.6 Å². The number of piperidine rings is 2. The number of hydrogen-bond acceptors (Lipinski definition) is 4. The van der Waals surface area contributed by atoms with Gasteiger partial charge in [-0.15, -0.1) is 0 Å². The first-order valence-corrected chi connectivity index (χ1v) is 10.7. The van der Waals surface area contributed by atoms with Crippen molar-refractivity contribution in [2.24, 2.45) is 11.8 Å². The van der Waals surface area contributed by atoms with Gasteiger partial charge in [-0.25, -0.2) is 0 Å². The quantitative estimate of drug-likeness (QED) is 0.798. The first-order chi connectivity index (χ1) is 13.7. The number of methoxy groups -OCH3 is 1. The Hall–Kier alpha value is -1.85. The van der Waals surface area contributed by atoms with Crippen molar-refractivity contribution in [3.05, 3.63) is 35.5 Å². The highest BCUT2D eigenvalue weighted by Gasteiger charge is 2.65. The van der Waals surface area contributed by atoms with Crippen LogP contribution in [0.3, 0.4) is 0 Å². The maximum Gasteiger partial charge on any atom is 0.319 e. The molecule has 1 aromatic carbocycles. The lowest BCUT2D eigenvalue weighted by Gasteiger charge is -2.61. The van der Waals surface area contributed by atoms with E-state index in [2.05, 4.69) is 41.1 Å². The van der Waals surface area contributed by atoms with E-state index >= 15 is 0 Å². The van der Waals surface area contributed by atoms with Gasteiger partial charge < -0.3 is 14.8 Å². The van der Waals surface area contributed by atoms with Crippen LogP contribution in [0.15, 0.2) is 24.3 Å². The Morgan fingerprint density at radius 3 is 2.96 bits per heavy atom. The molecule has 2 saturated heterocycles. The number of H-pyrrole nitrogens is 1. The summed E-state index contributed by atoms with van der Waals surface area (Å²) < 4.78 is 5.48. The van der Waals surface area contributed by atoms with Crippen molar-refractivity contribution in [1.29, 1.82) is 0 Å². The second-order valence-electron chi connectivity index (χ2n) is 8.87. The summed E-state index contributed by atoms with van der Waals surface area (Å²) in [6.07, 6.45) is 4.76. The Kier molecular flexibility index (Phi) is 4.29. The van der Waals surface area contributed by atoms with Gasteiger partial charge in [0, 0.05) is 41.8 Å². The molecule has 1 aromatic heterocycles. The molecule has 4 bridgehead atoms. The third-order valence-corrected chi connectivity index (χ3v) is 7.85. The molecule has 1 unspecified atom stereocenters. The number of nitrogens with zero attached hydrogens (tertiary/aromatic N) is 1. The van der Waals surface area contributed by atoms with Crippen molar-refractivity contribution in [2.45, 2.75) is 56.5 Å². The standard InChI is InChI=1S/C23H30N2O3/c1-3-14-12-15-13-23(22(27)28-2)20-17(16-6-4-5-7-18(16)24-20)8-10-25(21(14)23)19(15)9-11-26/h4-7,14-15,19,21,24,26H,3,8-13H2,1-2H3/t14-,15+,19+,21-,23+/m0/s1. The van der Waals surface area contributed by atoms with E-state index in [1.54, 1.807) is 0 Å². The lowest BCUT2D eigenvalue weighted by Crippen LogP contribution is -2.70. The van der Waals surface area contributed by atoms with Gasteiger partial charge in [0.25, 0.3) is 0 Å². The second kappa shape index (κ2) is 6.60. The van der Waals surface area contributed by atoms with E-state index in [1.165, 1.54) is 18.1 Å². The van der Waals surface area contributed by atoms with Crippen molar-refractivity contribution in [1.82, 2.24) is 9.88 Å². The number of aromatic amines is 1. The summed E-state index contributed by atoms with van der Waals surface area (Å²) in [6.45, 7) is 3.40. The third kappa shape index (κ3) is 2.23. The van der Waals surface area contributed by atoms with Crippen molar-refractivity contribution < 1.29 is 14.6 Å². The zero-order chi connectivity index (χ0) is 19.5. The number of benzene rings is 1. The van der Waals surface area contributed by atoms with E-state index < -0.39 is 5.41 Å². The number of carbonyl (C=O) groups excluding carboxylic acids is 1. The van der Waals surface area contributed by atoms with Crippen molar-refractivity contribution >= 4 is 16.9 Å². The highest BCUT2D eigenvalue weighted by Crippen LogP contribution is 2.57. The van der Waals surface area contributed by atoms with Crippen molar-refractivity contribution in [3.8, 4) is 0 Å². The number of esters is 1. The van der Waals surface area contributed by atoms with E-state index in [0.717, 1.165) is 49.9 Å². The summed E-state index contributed by atoms with van der Waals surface area (Å²) in [4.78, 5) is 19.7. The lowest BCUT2D eigenvalue weighted by atomic mass is 9.54. The molecular formula is C23H30N2O3. The first kappa shape index (κ1) is 18.2. The number of aromatic nitrogens is 1. The smallest absolute Gasteiger partial charge is 0.319 e. The Labute approximate surface area is 166 Å². The van der Waals surface area contributed by atoms with Crippen molar-refractivity contribution in [3.63, 3.8) is 0 Å². The minimum Gasteiger partial charge on any atom is -0.468 e. The van der Waals surface area contributed by atoms with Gasteiger partial charge in [0.2, 0.25) is 0 Å². The molecule has 3 fully saturated rings. The van der Waals surface area contributed by atoms with Gasteiger partial charge in [0.05, 0.1) is 7.11 Å². The maximum absolute atomic E-state index is 13.5. The zero-order valence-corrected chi connectivity index (χ0v) is 16.8. The van der Waals surface area contributed by atoms with Gasteiger partial charge in [-0.2, -0.15) is 0 Å². The zero-order valence-electron chi connectivity index (χ0n) is 16.8. The van der Waals surface area contributed by atoms with E-state index in [0.29, 0.717) is 17.9 Å². The molecule has 6 rings (SSSR count). The molecule has 150 valence electrons. The molecule has 2 aromatic rings. The number of hydrogen-bond donors (Lipinski definition) is 2. The van der Waals surface area contributed by atoms with Crippen LogP contribution in [0, 0.1) is 11.8 Å². The topological polar surface area (TPSA) is 65.6 Å². The first-order valence-electron chi connectivity index (χ1n) is 10.7. The summed E-state index contributed by atoms with van der Waals surface area (Å²) in [5, 5.41) is 10.9. The highest BCUT2D eigenvalue weighted by atomic mass is 16.5. The monoisotopic (exact) mass is 382 g/mol. The summed E-state index contributed by atoms with van der Waals surface area (Å²) >= 11 is 0. The predicted octanol–water partition coefficient (Wildman–Crippen LogP) is 3.01. The van der Waals surface area contributed by atoms with Crippen LogP contribution in [-0.4, -0.2) is 53.3 Å². The van der Waals surface area contributed by atoms with Crippen LogP contribution >= 0.6 is 0 Å². The molecular weight excluding hydrogens is 352 g/mol. The second-order valence-corrected chi connectivity index (χ2v) is 8.87. The minimum atomic E-state index is -0.630. The Balaban J connectivity index is 1.76. The molecule has 0 amide bonds. The van der Waals surface area contributed by atoms with Gasteiger partial charge in [0.1, 0.15) is 5.41 Å². The number of ether oxygens (including phenoxy) is 1. The van der Waals surface area contributed by atoms with Crippen LogP contribution in [-0.2, 0) is 21.4 Å². The van der Waals surface area contributed by atoms with Crippen LogP contribution in [0.2, 0.25) is 0 Å². The molecule has 2 N–H and O–H groups in total. The number of carbonyl (C=O) groups is 1. The van der Waals surface area contributed by atoms with Gasteiger partial charge in [-0.3, -0.25) is 9.69 Å². The number of nitrogens with one attached hydrogen (secondary N) is 1. The molecule has 3 aliphatic heterocycles. The van der Waals surface area contributed by atoms with Crippen LogP contribution < -0.4 is 0 Å². The van der Waals surface area contributed by atoms with Crippen LogP contribution in [0.5, 0.6) is 0 Å². The molecule has 5 nitrogen and oxygen atoms in total. The maximum atomic E-state index is 13.5. The van der Waals surface area contributed by atoms with Crippen LogP contribution in [0.25, 0.3) is 10.9 Å². The lowest BCUT2D eigenvalue weighted by molar-refractivity contribution is -0.169. The Morgan fingerprint density at radius 1 is 1.39 bits per heavy atom. The largest absolute Gasteiger partial charge is 0.468 e. The number of rotatable bonds is 4. The van der Waals surface area contributed by atoms with Gasteiger partial charge >= 0.3 is 5.97 Å². The fourth-order valence-electron chi connectivity index (χ4n) is 6.91. The van der Waals surface area contributed by atoms with Crippen LogP contribution in [0.1, 0.15) is 43.9 Å². The Morgan fingerprint density at radius 2 is 2.21 bits per heavy atom. The number of fused-ring (bicyclic) bond motifs is 4. The van der Waals surface area contributed by atoms with Gasteiger partial charge in [0.15, 0.2) is 0 Å². The molecule has 4 heterocycles. The van der Waals surface area contributed by atoms with E-state index in [4.69, 9.17) is 4.74 Å². The Bertz CT molecular complexity index is 906. The van der Waals surface area contributed by atoms with E-state index in [1.807, 2.05) is 0 Å². The SMILES string of the molecule is CC[C@H]1C[C@@H]2C[C@@]3(C(=O)OC)c4[nH]c5ccccc5c4CCN([C@@H]2CCO)[C@@H]13. The third-order valence-electron chi connectivity index (χ3n) is 7.85. The molecule has 28 heavy (non-hydrogen) atoms. The van der Waals surface area contributed by atoms with Crippen LogP contribution in [0.4, 0.5) is 0 Å². The predicted molar refractivity (Wildman–Crippen MR) is 108 cm³/mol. The number of aliphatic hydroxyl groups is 1. The summed E-state index contributed by atoms with van der Waals surface area (Å²) in [7, 11) is 1.53. The molecule has 0 spiro atoms. The number of para-hydroxylation sites is 1. The van der Waals surface area contributed by atoms with E-state index in [9.17, 15) is 9.90 Å². The average Bonchev–Trinajstić information content (AvgIpc) is 3.06. The van der Waals surface area contributed by atoms with Gasteiger partial charge in [-0.05, 0) is 49.1 Å². The molecule has 4 aliphatic rings. The fourth-order valence-corrected chi connectivity index (χ4v) is 6.91. The summed E-state index contributed by atoms with van der Waals surface area (Å²) in [5.74, 6) is 0.798.